The summed E-state index contributed by atoms with van der Waals surface area (Å²) in [6, 6.07) is 2.16. The molecule has 0 amide bonds. The van der Waals surface area contributed by atoms with Gasteiger partial charge in [-0.15, -0.1) is 0 Å². The molecule has 1 aromatic rings. The first-order valence-corrected chi connectivity index (χ1v) is 6.13. The summed E-state index contributed by atoms with van der Waals surface area (Å²) >= 11 is 0. The van der Waals surface area contributed by atoms with Crippen molar-refractivity contribution in [3.05, 3.63) is 33.4 Å². The highest BCUT2D eigenvalue weighted by Gasteiger charge is 2.49. The quantitative estimate of drug-likeness (QED) is 0.370. The van der Waals surface area contributed by atoms with Crippen LogP contribution in [0.5, 0.6) is 5.75 Å². The molecule has 0 bridgehead atoms. The fourth-order valence-electron chi connectivity index (χ4n) is 1.30. The van der Waals surface area contributed by atoms with E-state index in [1.54, 1.807) is 0 Å². The van der Waals surface area contributed by atoms with Gasteiger partial charge in [-0.25, -0.2) is 0 Å². The van der Waals surface area contributed by atoms with Gasteiger partial charge in [0.2, 0.25) is 0 Å². The van der Waals surface area contributed by atoms with Gasteiger partial charge in [-0.2, -0.15) is 21.6 Å². The SMILES string of the molecule is Cc1ccc([N+](=O)[O-])c(C)c1OS(=O)(=O)C(F)(F)F. The topological polar surface area (TPSA) is 86.5 Å². The van der Waals surface area contributed by atoms with Crippen molar-refractivity contribution < 1.29 is 30.7 Å². The minimum Gasteiger partial charge on any atom is -0.375 e. The number of nitrogens with zero attached hydrogens (tertiary/aromatic N) is 1. The molecule has 10 heteroatoms. The lowest BCUT2D eigenvalue weighted by Gasteiger charge is -2.13. The van der Waals surface area contributed by atoms with Crippen LogP contribution in [0.4, 0.5) is 18.9 Å². The number of aryl methyl sites for hydroxylation is 1. The highest BCUT2D eigenvalue weighted by atomic mass is 32.2. The second kappa shape index (κ2) is 4.68. The third-order valence-corrected chi connectivity index (χ3v) is 3.20. The summed E-state index contributed by atoms with van der Waals surface area (Å²) < 4.78 is 62.3. The number of halogens is 3. The maximum atomic E-state index is 12.2. The number of rotatable bonds is 3. The molecule has 0 fully saturated rings. The van der Waals surface area contributed by atoms with E-state index in [9.17, 15) is 31.7 Å². The van der Waals surface area contributed by atoms with E-state index in [1.165, 1.54) is 6.92 Å². The lowest BCUT2D eigenvalue weighted by atomic mass is 10.1. The van der Waals surface area contributed by atoms with Crippen molar-refractivity contribution >= 4 is 15.8 Å². The molecule has 1 rings (SSSR count). The average Bonchev–Trinajstić information content (AvgIpc) is 2.21. The summed E-state index contributed by atoms with van der Waals surface area (Å²) in [7, 11) is -5.86. The van der Waals surface area contributed by atoms with Gasteiger partial charge in [-0.05, 0) is 25.5 Å². The fourth-order valence-corrected chi connectivity index (χ4v) is 1.87. The van der Waals surface area contributed by atoms with Crippen molar-refractivity contribution in [1.82, 2.24) is 0 Å². The van der Waals surface area contributed by atoms with Crippen molar-refractivity contribution in [2.75, 3.05) is 0 Å². The lowest BCUT2D eigenvalue weighted by molar-refractivity contribution is -0.385. The molecule has 19 heavy (non-hydrogen) atoms. The van der Waals surface area contributed by atoms with E-state index < -0.39 is 32.0 Å². The normalized spacial score (nSPS) is 12.3. The van der Waals surface area contributed by atoms with Gasteiger partial charge in [-0.3, -0.25) is 10.1 Å². The van der Waals surface area contributed by atoms with Crippen LogP contribution in [0.2, 0.25) is 0 Å². The van der Waals surface area contributed by atoms with Crippen LogP contribution in [0.1, 0.15) is 11.1 Å². The summed E-state index contributed by atoms with van der Waals surface area (Å²) in [6.45, 7) is 2.38. The molecule has 0 aromatic heterocycles. The Balaban J connectivity index is 3.38. The molecule has 0 spiro atoms. The molecule has 0 aliphatic rings. The van der Waals surface area contributed by atoms with Crippen LogP contribution in [0.3, 0.4) is 0 Å². The van der Waals surface area contributed by atoms with Crippen molar-refractivity contribution in [2.24, 2.45) is 0 Å². The van der Waals surface area contributed by atoms with Gasteiger partial charge in [0.15, 0.2) is 5.75 Å². The Morgan fingerprint density at radius 2 is 1.79 bits per heavy atom. The second-order valence-electron chi connectivity index (χ2n) is 3.60. The van der Waals surface area contributed by atoms with Gasteiger partial charge in [0, 0.05) is 6.07 Å². The lowest BCUT2D eigenvalue weighted by Crippen LogP contribution is -2.28. The van der Waals surface area contributed by atoms with Crippen LogP contribution in [0, 0.1) is 24.0 Å². The van der Waals surface area contributed by atoms with E-state index in [2.05, 4.69) is 4.18 Å². The minimum absolute atomic E-state index is 0.0379. The van der Waals surface area contributed by atoms with Crippen molar-refractivity contribution in [3.8, 4) is 5.75 Å². The van der Waals surface area contributed by atoms with Crippen LogP contribution < -0.4 is 4.18 Å². The summed E-state index contributed by atoms with van der Waals surface area (Å²) in [6.07, 6.45) is 0. The maximum Gasteiger partial charge on any atom is 0.534 e. The van der Waals surface area contributed by atoms with E-state index in [4.69, 9.17) is 0 Å². The number of benzene rings is 1. The molecule has 0 aliphatic heterocycles. The molecule has 0 N–H and O–H groups in total. The standard InChI is InChI=1S/C9H8F3NO5S/c1-5-3-4-7(13(14)15)6(2)8(5)18-19(16,17)9(10,11)12/h3-4H,1-2H3. The average molecular weight is 299 g/mol. The molecule has 0 heterocycles. The number of nitro groups is 1. The Morgan fingerprint density at radius 1 is 1.26 bits per heavy atom. The molecule has 0 unspecified atom stereocenters. The highest BCUT2D eigenvalue weighted by molar-refractivity contribution is 7.88. The predicted molar refractivity (Wildman–Crippen MR) is 58.2 cm³/mol. The molecule has 0 radical (unpaired) electrons. The first-order valence-electron chi connectivity index (χ1n) is 4.72. The third-order valence-electron chi connectivity index (χ3n) is 2.25. The van der Waals surface area contributed by atoms with Crippen LogP contribution in [-0.2, 0) is 10.1 Å². The zero-order valence-corrected chi connectivity index (χ0v) is 10.5. The Labute approximate surface area is 106 Å². The largest absolute Gasteiger partial charge is 0.534 e. The number of hydrogen-bond donors (Lipinski definition) is 0. The highest BCUT2D eigenvalue weighted by Crippen LogP contribution is 2.34. The third kappa shape index (κ3) is 2.95. The number of hydrogen-bond acceptors (Lipinski definition) is 5. The van der Waals surface area contributed by atoms with Gasteiger partial charge < -0.3 is 4.18 Å². The Bertz CT molecular complexity index is 623. The molecule has 0 saturated carbocycles. The minimum atomic E-state index is -5.86. The number of alkyl halides is 3. The Hall–Kier alpha value is -1.84. The Morgan fingerprint density at radius 3 is 2.21 bits per heavy atom. The molecule has 0 saturated heterocycles. The van der Waals surface area contributed by atoms with E-state index in [0.29, 0.717) is 0 Å². The second-order valence-corrected chi connectivity index (χ2v) is 5.13. The van der Waals surface area contributed by atoms with Crippen LogP contribution >= 0.6 is 0 Å². The van der Waals surface area contributed by atoms with Gasteiger partial charge in [0.1, 0.15) is 0 Å². The van der Waals surface area contributed by atoms with E-state index >= 15 is 0 Å². The van der Waals surface area contributed by atoms with Crippen molar-refractivity contribution in [2.45, 2.75) is 19.4 Å². The van der Waals surface area contributed by atoms with Crippen LogP contribution in [0.15, 0.2) is 12.1 Å². The fraction of sp³-hybridized carbons (Fsp3) is 0.333. The van der Waals surface area contributed by atoms with Gasteiger partial charge >= 0.3 is 15.6 Å². The molecular formula is C9H8F3NO5S. The van der Waals surface area contributed by atoms with Crippen molar-refractivity contribution in [3.63, 3.8) is 0 Å². The molecule has 0 aliphatic carbocycles. The molecule has 106 valence electrons. The molecular weight excluding hydrogens is 291 g/mol. The smallest absolute Gasteiger partial charge is 0.375 e. The monoisotopic (exact) mass is 299 g/mol. The van der Waals surface area contributed by atoms with Crippen molar-refractivity contribution in [1.29, 1.82) is 0 Å². The van der Waals surface area contributed by atoms with Gasteiger partial charge in [0.25, 0.3) is 5.69 Å². The van der Waals surface area contributed by atoms with Crippen LogP contribution in [-0.4, -0.2) is 18.8 Å². The summed E-state index contributed by atoms with van der Waals surface area (Å²) in [4.78, 5) is 9.78. The van der Waals surface area contributed by atoms with E-state index in [1.807, 2.05) is 0 Å². The zero-order chi connectivity index (χ0) is 15.0. The summed E-state index contributed by atoms with van der Waals surface area (Å²) in [5.74, 6) is -0.688. The zero-order valence-electron chi connectivity index (χ0n) is 9.69. The predicted octanol–water partition coefficient (Wildman–Crippen LogP) is 2.44. The van der Waals surface area contributed by atoms with E-state index in [0.717, 1.165) is 19.1 Å². The maximum absolute atomic E-state index is 12.2. The first kappa shape index (κ1) is 15.2. The van der Waals surface area contributed by atoms with Gasteiger partial charge in [0.05, 0.1) is 10.5 Å². The molecule has 1 aromatic carbocycles. The van der Waals surface area contributed by atoms with Crippen LogP contribution in [0.25, 0.3) is 0 Å². The molecule has 0 atom stereocenters. The summed E-state index contributed by atoms with van der Waals surface area (Å²) in [5, 5.41) is 10.6. The van der Waals surface area contributed by atoms with Gasteiger partial charge in [-0.1, -0.05) is 0 Å². The molecule has 6 nitrogen and oxygen atoms in total. The summed E-state index contributed by atoms with van der Waals surface area (Å²) in [5.41, 5.74) is -6.39. The Kier molecular flexibility index (Phi) is 3.75. The van der Waals surface area contributed by atoms with E-state index in [-0.39, 0.29) is 11.1 Å². The number of nitro benzene ring substituents is 1. The first-order chi connectivity index (χ1) is 8.47.